The summed E-state index contributed by atoms with van der Waals surface area (Å²) in [7, 11) is 1.62. The number of hydrogen-bond acceptors (Lipinski definition) is 7. The molecule has 1 fully saturated rings. The molecule has 1 unspecified atom stereocenters. The molecule has 1 aliphatic rings. The highest BCUT2D eigenvalue weighted by molar-refractivity contribution is 5.89. The smallest absolute Gasteiger partial charge is 0.411 e. The van der Waals surface area contributed by atoms with Gasteiger partial charge in [0, 0.05) is 20.0 Å². The van der Waals surface area contributed by atoms with Gasteiger partial charge in [0.05, 0.1) is 6.04 Å². The Bertz CT molecular complexity index is 1320. The third-order valence-corrected chi connectivity index (χ3v) is 7.69. The second-order valence-corrected chi connectivity index (χ2v) is 12.7. The Morgan fingerprint density at radius 2 is 1.53 bits per heavy atom. The van der Waals surface area contributed by atoms with Gasteiger partial charge >= 0.3 is 18.2 Å². The lowest BCUT2D eigenvalue weighted by Crippen LogP contribution is -2.54. The lowest BCUT2D eigenvalue weighted by atomic mass is 9.90. The molecule has 2 aromatic rings. The molecule has 0 radical (unpaired) electrons. The fourth-order valence-electron chi connectivity index (χ4n) is 5.24. The van der Waals surface area contributed by atoms with Crippen molar-refractivity contribution in [3.63, 3.8) is 0 Å². The zero-order valence-electron chi connectivity index (χ0n) is 27.4. The predicted molar refractivity (Wildman–Crippen MR) is 171 cm³/mol. The van der Waals surface area contributed by atoms with E-state index in [1.165, 1.54) is 9.80 Å². The first-order valence-corrected chi connectivity index (χ1v) is 15.3. The van der Waals surface area contributed by atoms with E-state index in [9.17, 15) is 19.2 Å². The lowest BCUT2D eigenvalue weighted by molar-refractivity contribution is -0.157. The van der Waals surface area contributed by atoms with Crippen molar-refractivity contribution in [2.45, 2.75) is 90.8 Å². The van der Waals surface area contributed by atoms with Gasteiger partial charge < -0.3 is 24.4 Å². The van der Waals surface area contributed by atoms with Crippen LogP contribution in [0.15, 0.2) is 72.8 Å². The van der Waals surface area contributed by atoms with Gasteiger partial charge in [-0.2, -0.15) is 0 Å². The first-order valence-electron chi connectivity index (χ1n) is 15.3. The fourth-order valence-corrected chi connectivity index (χ4v) is 5.24. The Morgan fingerprint density at radius 1 is 0.978 bits per heavy atom. The number of likely N-dealkylation sites (tertiary alicyclic amines) is 1. The van der Waals surface area contributed by atoms with E-state index in [0.717, 1.165) is 11.1 Å². The molecule has 1 aliphatic heterocycles. The second kappa shape index (κ2) is 15.6. The van der Waals surface area contributed by atoms with Gasteiger partial charge in [-0.15, -0.1) is 0 Å². The minimum atomic E-state index is -1.43. The van der Waals surface area contributed by atoms with Crippen LogP contribution in [-0.4, -0.2) is 70.7 Å². The minimum absolute atomic E-state index is 0.0175. The van der Waals surface area contributed by atoms with E-state index in [1.807, 2.05) is 87.5 Å². The number of benzene rings is 2. The molecule has 0 spiro atoms. The van der Waals surface area contributed by atoms with Crippen LogP contribution in [0.1, 0.15) is 65.5 Å². The summed E-state index contributed by atoms with van der Waals surface area (Å²) in [6.45, 7) is 10.8. The topological polar surface area (TPSA) is 114 Å². The number of hydrogen-bond donors (Lipinski definition) is 1. The normalized spacial score (nSPS) is 18.8. The molecule has 2 aromatic carbocycles. The first-order chi connectivity index (χ1) is 21.3. The number of esters is 1. The van der Waals surface area contributed by atoms with Crippen molar-refractivity contribution in [3.8, 4) is 0 Å². The van der Waals surface area contributed by atoms with Gasteiger partial charge in [0.25, 0.3) is 0 Å². The Kier molecular flexibility index (Phi) is 12.2. The van der Waals surface area contributed by atoms with E-state index >= 15 is 0 Å². The molecule has 10 nitrogen and oxygen atoms in total. The number of carbonyl (C=O) groups excluding carboxylic acids is 4. The molecule has 10 heteroatoms. The summed E-state index contributed by atoms with van der Waals surface area (Å²) in [6, 6.07) is 17.1. The van der Waals surface area contributed by atoms with Crippen LogP contribution >= 0.6 is 0 Å². The number of allylic oxidation sites excluding steroid dienone is 1. The van der Waals surface area contributed by atoms with Crippen LogP contribution in [0, 0.1) is 5.92 Å². The Hall–Kier alpha value is -4.34. The highest BCUT2D eigenvalue weighted by atomic mass is 16.6. The number of nitrogens with zero attached hydrogens (tertiary/aromatic N) is 2. The van der Waals surface area contributed by atoms with Gasteiger partial charge in [-0.05, 0) is 51.2 Å². The molecule has 0 aliphatic carbocycles. The SMILES string of the molecule is CC=CCC1(C(=O)OCc2ccccc2)C[C@@H](N(C)C(=O)[C@@H](NC(=O)OC(C)(C)C)C(C)C)CN1C(=O)OCc1ccccc1. The summed E-state index contributed by atoms with van der Waals surface area (Å²) in [5, 5.41) is 2.71. The molecule has 244 valence electrons. The van der Waals surface area contributed by atoms with Crippen molar-refractivity contribution in [3.05, 3.63) is 83.9 Å². The summed E-state index contributed by atoms with van der Waals surface area (Å²) in [5.74, 6) is -1.21. The minimum Gasteiger partial charge on any atom is -0.459 e. The Balaban J connectivity index is 1.91. The van der Waals surface area contributed by atoms with Gasteiger partial charge in [-0.3, -0.25) is 9.69 Å². The summed E-state index contributed by atoms with van der Waals surface area (Å²) < 4.78 is 16.9. The third kappa shape index (κ3) is 9.57. The molecule has 1 N–H and O–H groups in total. The van der Waals surface area contributed by atoms with Crippen LogP contribution in [0.25, 0.3) is 0 Å². The highest BCUT2D eigenvalue weighted by Gasteiger charge is 2.56. The number of likely N-dealkylation sites (N-methyl/N-ethyl adjacent to an activating group) is 1. The second-order valence-electron chi connectivity index (χ2n) is 12.7. The molecule has 1 saturated heterocycles. The monoisotopic (exact) mass is 621 g/mol. The molecule has 3 amide bonds. The van der Waals surface area contributed by atoms with Crippen LogP contribution in [0.2, 0.25) is 0 Å². The van der Waals surface area contributed by atoms with Crippen LogP contribution in [-0.2, 0) is 37.0 Å². The average Bonchev–Trinajstić information content (AvgIpc) is 3.40. The van der Waals surface area contributed by atoms with Crippen LogP contribution in [0.4, 0.5) is 9.59 Å². The van der Waals surface area contributed by atoms with Gasteiger partial charge in [0.2, 0.25) is 5.91 Å². The fraction of sp³-hybridized carbons (Fsp3) is 0.486. The average molecular weight is 622 g/mol. The number of amides is 3. The molecule has 0 saturated carbocycles. The molecule has 45 heavy (non-hydrogen) atoms. The van der Waals surface area contributed by atoms with Crippen molar-refractivity contribution in [2.24, 2.45) is 5.92 Å². The van der Waals surface area contributed by atoms with E-state index in [4.69, 9.17) is 14.2 Å². The molecule has 3 atom stereocenters. The van der Waals surface area contributed by atoms with Gasteiger partial charge in [0.1, 0.15) is 30.4 Å². The quantitative estimate of drug-likeness (QED) is 0.190. The maximum atomic E-state index is 14.0. The van der Waals surface area contributed by atoms with Crippen molar-refractivity contribution in [1.29, 1.82) is 0 Å². The van der Waals surface area contributed by atoms with Crippen LogP contribution in [0.5, 0.6) is 0 Å². The molecule has 0 bridgehead atoms. The van der Waals surface area contributed by atoms with E-state index in [0.29, 0.717) is 0 Å². The van der Waals surface area contributed by atoms with Crippen LogP contribution < -0.4 is 5.32 Å². The number of nitrogens with one attached hydrogen (secondary N) is 1. The molecular weight excluding hydrogens is 574 g/mol. The Morgan fingerprint density at radius 3 is 2.04 bits per heavy atom. The summed E-state index contributed by atoms with van der Waals surface area (Å²) in [6.07, 6.45) is 2.52. The van der Waals surface area contributed by atoms with Crippen LogP contribution in [0.3, 0.4) is 0 Å². The van der Waals surface area contributed by atoms with Gasteiger partial charge in [-0.1, -0.05) is 86.7 Å². The standard InChI is InChI=1S/C35H47N3O7/c1-8-9-20-35(31(40)43-23-26-16-12-10-13-17-26)21-28(22-38(35)33(42)44-24-27-18-14-11-15-19-27)37(7)30(39)29(25(2)3)36-32(41)45-34(4,5)6/h8-19,25,28-29H,20-24H2,1-7H3,(H,36,41)/t28-,29+,35?/m1/s1. The summed E-state index contributed by atoms with van der Waals surface area (Å²) >= 11 is 0. The lowest BCUT2D eigenvalue weighted by Gasteiger charge is -2.34. The van der Waals surface area contributed by atoms with Crippen molar-refractivity contribution < 1.29 is 33.4 Å². The number of rotatable bonds is 11. The Labute approximate surface area is 266 Å². The van der Waals surface area contributed by atoms with Crippen molar-refractivity contribution >= 4 is 24.1 Å². The van der Waals surface area contributed by atoms with Gasteiger partial charge in [-0.25, -0.2) is 14.4 Å². The zero-order chi connectivity index (χ0) is 33.2. The van der Waals surface area contributed by atoms with E-state index in [2.05, 4.69) is 5.32 Å². The zero-order valence-corrected chi connectivity index (χ0v) is 27.4. The van der Waals surface area contributed by atoms with E-state index < -0.39 is 41.4 Å². The summed E-state index contributed by atoms with van der Waals surface area (Å²) in [5.41, 5.74) is -0.563. The molecule has 3 rings (SSSR count). The number of ether oxygens (including phenoxy) is 3. The van der Waals surface area contributed by atoms with Gasteiger partial charge in [0.15, 0.2) is 0 Å². The van der Waals surface area contributed by atoms with Crippen molar-refractivity contribution in [2.75, 3.05) is 13.6 Å². The number of carbonyl (C=O) groups is 4. The first kappa shape index (κ1) is 35.1. The highest BCUT2D eigenvalue weighted by Crippen LogP contribution is 2.38. The molecular formula is C35H47N3O7. The predicted octanol–water partition coefficient (Wildman–Crippen LogP) is 5.85. The maximum Gasteiger partial charge on any atom is 0.411 e. The summed E-state index contributed by atoms with van der Waals surface area (Å²) in [4.78, 5) is 57.1. The van der Waals surface area contributed by atoms with E-state index in [1.54, 1.807) is 33.9 Å². The molecule has 1 heterocycles. The third-order valence-electron chi connectivity index (χ3n) is 7.69. The maximum absolute atomic E-state index is 14.0. The van der Waals surface area contributed by atoms with E-state index in [-0.39, 0.29) is 44.4 Å². The number of alkyl carbamates (subject to hydrolysis) is 1. The largest absolute Gasteiger partial charge is 0.459 e. The van der Waals surface area contributed by atoms with Crippen molar-refractivity contribution in [1.82, 2.24) is 15.1 Å². The molecule has 0 aromatic heterocycles.